The zero-order chi connectivity index (χ0) is 13.1. The summed E-state index contributed by atoms with van der Waals surface area (Å²) in [6.07, 6.45) is 3.75. The van der Waals surface area contributed by atoms with Crippen LogP contribution in [0.15, 0.2) is 59.9 Å². The number of hydrogen-bond donors (Lipinski definition) is 0. The molecule has 19 heavy (non-hydrogen) atoms. The normalized spacial score (nSPS) is 10.8. The van der Waals surface area contributed by atoms with E-state index in [9.17, 15) is 0 Å². The van der Waals surface area contributed by atoms with Gasteiger partial charge in [-0.05, 0) is 30.2 Å². The predicted molar refractivity (Wildman–Crippen MR) is 80.3 cm³/mol. The molecule has 0 N–H and O–H groups in total. The third kappa shape index (κ3) is 2.76. The lowest BCUT2D eigenvalue weighted by Crippen LogP contribution is -1.88. The second-order valence-electron chi connectivity index (χ2n) is 4.45. The van der Waals surface area contributed by atoms with E-state index < -0.39 is 0 Å². The van der Waals surface area contributed by atoms with Crippen LogP contribution in [0, 0.1) is 6.92 Å². The summed E-state index contributed by atoms with van der Waals surface area (Å²) in [4.78, 5) is 8.89. The van der Waals surface area contributed by atoms with E-state index in [1.54, 1.807) is 11.8 Å². The first-order chi connectivity index (χ1) is 9.33. The summed E-state index contributed by atoms with van der Waals surface area (Å²) in [6.45, 7) is 2.05. The number of fused-ring (bicyclic) bond motifs is 1. The van der Waals surface area contributed by atoms with Crippen molar-refractivity contribution in [1.29, 1.82) is 0 Å². The second kappa shape index (κ2) is 5.41. The Morgan fingerprint density at radius 3 is 2.74 bits per heavy atom. The molecular weight excluding hydrogens is 252 g/mol. The van der Waals surface area contributed by atoms with Crippen molar-refractivity contribution in [2.24, 2.45) is 0 Å². The Morgan fingerprint density at radius 1 is 1.00 bits per heavy atom. The van der Waals surface area contributed by atoms with Gasteiger partial charge in [-0.3, -0.25) is 4.98 Å². The standard InChI is InChI=1S/C16H14N2S/c1-12-7-8-15(18-10-12)19-11-14-5-2-4-13-6-3-9-17-16(13)14/h2-10H,11H2,1H3. The Kier molecular flexibility index (Phi) is 3.47. The average Bonchev–Trinajstić information content (AvgIpc) is 2.47. The maximum atomic E-state index is 4.47. The van der Waals surface area contributed by atoms with Crippen molar-refractivity contribution in [1.82, 2.24) is 9.97 Å². The van der Waals surface area contributed by atoms with E-state index in [-0.39, 0.29) is 0 Å². The zero-order valence-corrected chi connectivity index (χ0v) is 11.5. The first kappa shape index (κ1) is 12.2. The Bertz CT molecular complexity index is 687. The van der Waals surface area contributed by atoms with Crippen molar-refractivity contribution in [2.75, 3.05) is 0 Å². The first-order valence-corrected chi connectivity index (χ1v) is 7.19. The van der Waals surface area contributed by atoms with Gasteiger partial charge in [-0.25, -0.2) is 4.98 Å². The molecule has 0 unspecified atom stereocenters. The van der Waals surface area contributed by atoms with Gasteiger partial charge in [-0.1, -0.05) is 30.3 Å². The smallest absolute Gasteiger partial charge is 0.0963 e. The van der Waals surface area contributed by atoms with Crippen LogP contribution < -0.4 is 0 Å². The number of hydrogen-bond acceptors (Lipinski definition) is 3. The Labute approximate surface area is 116 Å². The van der Waals surface area contributed by atoms with E-state index in [1.165, 1.54) is 16.5 Å². The minimum absolute atomic E-state index is 0.893. The number of pyridine rings is 2. The highest BCUT2D eigenvalue weighted by molar-refractivity contribution is 7.98. The first-order valence-electron chi connectivity index (χ1n) is 6.21. The lowest BCUT2D eigenvalue weighted by molar-refractivity contribution is 1.11. The molecule has 0 bridgehead atoms. The average molecular weight is 266 g/mol. The van der Waals surface area contributed by atoms with Gasteiger partial charge in [0.1, 0.15) is 0 Å². The predicted octanol–water partition coefficient (Wildman–Crippen LogP) is 4.23. The summed E-state index contributed by atoms with van der Waals surface area (Å²) in [5.74, 6) is 0.893. The van der Waals surface area contributed by atoms with Gasteiger partial charge in [0.05, 0.1) is 10.5 Å². The van der Waals surface area contributed by atoms with Crippen LogP contribution in [-0.4, -0.2) is 9.97 Å². The van der Waals surface area contributed by atoms with Crippen molar-refractivity contribution in [3.63, 3.8) is 0 Å². The summed E-state index contributed by atoms with van der Waals surface area (Å²) < 4.78 is 0. The number of benzene rings is 1. The van der Waals surface area contributed by atoms with Gasteiger partial charge in [0.15, 0.2) is 0 Å². The molecular formula is C16H14N2S. The molecule has 2 aromatic heterocycles. The molecule has 0 fully saturated rings. The van der Waals surface area contributed by atoms with Gasteiger partial charge < -0.3 is 0 Å². The van der Waals surface area contributed by atoms with E-state index in [2.05, 4.69) is 53.3 Å². The van der Waals surface area contributed by atoms with E-state index >= 15 is 0 Å². The molecule has 0 saturated carbocycles. The van der Waals surface area contributed by atoms with E-state index in [0.29, 0.717) is 0 Å². The van der Waals surface area contributed by atoms with Crippen molar-refractivity contribution in [3.05, 3.63) is 66.0 Å². The Balaban J connectivity index is 1.84. The highest BCUT2D eigenvalue weighted by atomic mass is 32.2. The third-order valence-corrected chi connectivity index (χ3v) is 3.97. The van der Waals surface area contributed by atoms with Crippen molar-refractivity contribution < 1.29 is 0 Å². The molecule has 2 heterocycles. The van der Waals surface area contributed by atoms with Crippen LogP contribution in [0.4, 0.5) is 0 Å². The quantitative estimate of drug-likeness (QED) is 0.663. The number of aromatic nitrogens is 2. The fourth-order valence-electron chi connectivity index (χ4n) is 1.98. The molecule has 0 aliphatic heterocycles. The molecule has 0 aliphatic carbocycles. The van der Waals surface area contributed by atoms with Crippen LogP contribution in [-0.2, 0) is 5.75 Å². The monoisotopic (exact) mass is 266 g/mol. The van der Waals surface area contributed by atoms with Crippen LogP contribution in [0.5, 0.6) is 0 Å². The molecule has 0 amide bonds. The van der Waals surface area contributed by atoms with Crippen molar-refractivity contribution >= 4 is 22.7 Å². The molecule has 0 atom stereocenters. The lowest BCUT2D eigenvalue weighted by Gasteiger charge is -2.05. The Morgan fingerprint density at radius 2 is 1.89 bits per heavy atom. The van der Waals surface area contributed by atoms with Crippen LogP contribution in [0.2, 0.25) is 0 Å². The molecule has 1 aromatic carbocycles. The van der Waals surface area contributed by atoms with Crippen molar-refractivity contribution in [2.45, 2.75) is 17.7 Å². The zero-order valence-electron chi connectivity index (χ0n) is 10.7. The maximum absolute atomic E-state index is 4.47. The largest absolute Gasteiger partial charge is 0.256 e. The molecule has 2 nitrogen and oxygen atoms in total. The minimum Gasteiger partial charge on any atom is -0.256 e. The summed E-state index contributed by atoms with van der Waals surface area (Å²) in [5.41, 5.74) is 3.53. The molecule has 0 radical (unpaired) electrons. The summed E-state index contributed by atoms with van der Waals surface area (Å²) in [5, 5.41) is 2.25. The van der Waals surface area contributed by atoms with Crippen LogP contribution >= 0.6 is 11.8 Å². The number of para-hydroxylation sites is 1. The second-order valence-corrected chi connectivity index (χ2v) is 5.45. The summed E-state index contributed by atoms with van der Waals surface area (Å²) in [7, 11) is 0. The molecule has 0 spiro atoms. The molecule has 3 heteroatoms. The molecule has 3 aromatic rings. The van der Waals surface area contributed by atoms with Gasteiger partial charge in [0, 0.05) is 23.5 Å². The van der Waals surface area contributed by atoms with Crippen LogP contribution in [0.25, 0.3) is 10.9 Å². The molecule has 0 saturated heterocycles. The van der Waals surface area contributed by atoms with E-state index in [0.717, 1.165) is 16.3 Å². The van der Waals surface area contributed by atoms with Gasteiger partial charge in [-0.15, -0.1) is 11.8 Å². The fraction of sp³-hybridized carbons (Fsp3) is 0.125. The third-order valence-electron chi connectivity index (χ3n) is 2.98. The number of nitrogens with zero attached hydrogens (tertiary/aromatic N) is 2. The highest BCUT2D eigenvalue weighted by Crippen LogP contribution is 2.25. The minimum atomic E-state index is 0.893. The highest BCUT2D eigenvalue weighted by Gasteiger charge is 2.03. The summed E-state index contributed by atoms with van der Waals surface area (Å²) >= 11 is 1.75. The van der Waals surface area contributed by atoms with Gasteiger partial charge in [0.25, 0.3) is 0 Å². The van der Waals surface area contributed by atoms with Gasteiger partial charge >= 0.3 is 0 Å². The lowest BCUT2D eigenvalue weighted by atomic mass is 10.1. The fourth-order valence-corrected chi connectivity index (χ4v) is 2.80. The van der Waals surface area contributed by atoms with Gasteiger partial charge in [-0.2, -0.15) is 0 Å². The van der Waals surface area contributed by atoms with Crippen LogP contribution in [0.1, 0.15) is 11.1 Å². The number of thioether (sulfide) groups is 1. The SMILES string of the molecule is Cc1ccc(SCc2cccc3cccnc23)nc1. The topological polar surface area (TPSA) is 25.8 Å². The van der Waals surface area contributed by atoms with Gasteiger partial charge in [0.2, 0.25) is 0 Å². The number of rotatable bonds is 3. The van der Waals surface area contributed by atoms with Crippen molar-refractivity contribution in [3.8, 4) is 0 Å². The summed E-state index contributed by atoms with van der Waals surface area (Å²) in [6, 6.07) is 14.6. The van der Waals surface area contributed by atoms with E-state index in [1.807, 2.05) is 18.5 Å². The molecule has 94 valence electrons. The maximum Gasteiger partial charge on any atom is 0.0963 e. The van der Waals surface area contributed by atoms with E-state index in [4.69, 9.17) is 0 Å². The Hall–Kier alpha value is -1.87. The van der Waals surface area contributed by atoms with Crippen LogP contribution in [0.3, 0.4) is 0 Å². The molecule has 0 aliphatic rings. The number of aryl methyl sites for hydroxylation is 1. The molecule has 3 rings (SSSR count).